The van der Waals surface area contributed by atoms with Gasteiger partial charge in [0.1, 0.15) is 0 Å². The van der Waals surface area contributed by atoms with E-state index in [2.05, 4.69) is 17.9 Å². The summed E-state index contributed by atoms with van der Waals surface area (Å²) >= 11 is 5.79. The zero-order chi connectivity index (χ0) is 16.7. The van der Waals surface area contributed by atoms with Gasteiger partial charge in [-0.05, 0) is 23.1 Å². The highest BCUT2D eigenvalue weighted by molar-refractivity contribution is 8.03. The average Bonchev–Trinajstić information content (AvgIpc) is 2.58. The number of nitrogens with one attached hydrogen (secondary N) is 1. The number of benzene rings is 2. The van der Waals surface area contributed by atoms with Gasteiger partial charge in [0.25, 0.3) is 5.91 Å². The van der Waals surface area contributed by atoms with Crippen LogP contribution in [0, 0.1) is 0 Å². The van der Waals surface area contributed by atoms with Crippen molar-refractivity contribution in [2.24, 2.45) is 0 Å². The Balaban J connectivity index is 1.96. The zero-order valence-corrected chi connectivity index (χ0v) is 14.9. The van der Waals surface area contributed by atoms with Gasteiger partial charge in [0.15, 0.2) is 0 Å². The lowest BCUT2D eigenvalue weighted by Crippen LogP contribution is -2.22. The number of carbonyl (C=O) groups is 1. The van der Waals surface area contributed by atoms with Crippen LogP contribution in [0.25, 0.3) is 0 Å². The van der Waals surface area contributed by atoms with Crippen LogP contribution in [0.1, 0.15) is 5.56 Å². The normalized spacial score (nSPS) is 11.2. The van der Waals surface area contributed by atoms with Crippen molar-refractivity contribution in [1.29, 1.82) is 0 Å². The molecule has 5 heteroatoms. The topological polar surface area (TPSA) is 32.3 Å². The maximum absolute atomic E-state index is 12.1. The minimum Gasteiger partial charge on any atom is -0.377 e. The SMILES string of the molecule is CN(C)c1ccccc1SC=C(S)C(=O)NCc1ccccc1. The summed E-state index contributed by atoms with van der Waals surface area (Å²) in [5.74, 6) is -0.174. The maximum atomic E-state index is 12.1. The first kappa shape index (κ1) is 17.5. The predicted molar refractivity (Wildman–Crippen MR) is 102 cm³/mol. The predicted octanol–water partition coefficient (Wildman–Crippen LogP) is 3.93. The van der Waals surface area contributed by atoms with Gasteiger partial charge in [-0.15, -0.1) is 12.6 Å². The average molecular weight is 345 g/mol. The molecule has 120 valence electrons. The molecule has 0 aliphatic rings. The molecule has 3 nitrogen and oxygen atoms in total. The molecule has 1 amide bonds. The van der Waals surface area contributed by atoms with E-state index in [-0.39, 0.29) is 5.91 Å². The summed E-state index contributed by atoms with van der Waals surface area (Å²) in [6, 6.07) is 17.9. The van der Waals surface area contributed by atoms with E-state index >= 15 is 0 Å². The molecular weight excluding hydrogens is 324 g/mol. The summed E-state index contributed by atoms with van der Waals surface area (Å²) in [7, 11) is 3.99. The maximum Gasteiger partial charge on any atom is 0.258 e. The fraction of sp³-hybridized carbons (Fsp3) is 0.167. The third-order valence-electron chi connectivity index (χ3n) is 3.17. The number of thioether (sulfide) groups is 1. The zero-order valence-electron chi connectivity index (χ0n) is 13.2. The van der Waals surface area contributed by atoms with Crippen molar-refractivity contribution in [3.8, 4) is 0 Å². The Kier molecular flexibility index (Phi) is 6.62. The molecule has 23 heavy (non-hydrogen) atoms. The number of anilines is 1. The number of rotatable bonds is 6. The van der Waals surface area contributed by atoms with Crippen LogP contribution in [-0.4, -0.2) is 20.0 Å². The third-order valence-corrected chi connectivity index (χ3v) is 4.63. The van der Waals surface area contributed by atoms with Crippen LogP contribution in [0.4, 0.5) is 5.69 Å². The van der Waals surface area contributed by atoms with Crippen molar-refractivity contribution in [3.05, 3.63) is 70.5 Å². The second kappa shape index (κ2) is 8.70. The van der Waals surface area contributed by atoms with Gasteiger partial charge in [-0.2, -0.15) is 0 Å². The molecule has 0 fully saturated rings. The number of carbonyl (C=O) groups excluding carboxylic acids is 1. The molecule has 0 saturated heterocycles. The standard InChI is InChI=1S/C18H20N2OS2/c1-20(2)15-10-6-7-11-17(15)23-13-16(22)18(21)19-12-14-8-4-3-5-9-14/h3-11,13,22H,12H2,1-2H3,(H,19,21). The van der Waals surface area contributed by atoms with E-state index in [1.807, 2.05) is 73.6 Å². The van der Waals surface area contributed by atoms with E-state index in [4.69, 9.17) is 0 Å². The van der Waals surface area contributed by atoms with Gasteiger partial charge in [-0.1, -0.05) is 54.2 Å². The molecule has 0 spiro atoms. The van der Waals surface area contributed by atoms with Crippen molar-refractivity contribution in [3.63, 3.8) is 0 Å². The molecule has 0 aliphatic carbocycles. The van der Waals surface area contributed by atoms with Crippen LogP contribution in [0.5, 0.6) is 0 Å². The van der Waals surface area contributed by atoms with Crippen molar-refractivity contribution >= 4 is 36.0 Å². The van der Waals surface area contributed by atoms with Crippen LogP contribution in [0.3, 0.4) is 0 Å². The molecule has 2 aromatic carbocycles. The van der Waals surface area contributed by atoms with E-state index in [0.29, 0.717) is 11.4 Å². The lowest BCUT2D eigenvalue weighted by atomic mass is 10.2. The molecular formula is C18H20N2OS2. The second-order valence-electron chi connectivity index (χ2n) is 5.15. The molecule has 0 aromatic heterocycles. The Hall–Kier alpha value is -1.85. The molecule has 2 aromatic rings. The molecule has 0 atom stereocenters. The van der Waals surface area contributed by atoms with Crippen LogP contribution in [0.2, 0.25) is 0 Å². The molecule has 1 N–H and O–H groups in total. The first-order valence-electron chi connectivity index (χ1n) is 7.22. The number of amides is 1. The number of hydrogen-bond acceptors (Lipinski definition) is 4. The molecule has 0 heterocycles. The number of para-hydroxylation sites is 1. The summed E-state index contributed by atoms with van der Waals surface area (Å²) in [4.78, 5) is 15.6. The van der Waals surface area contributed by atoms with Gasteiger partial charge in [-0.3, -0.25) is 4.79 Å². The molecule has 0 unspecified atom stereocenters. The Bertz CT molecular complexity index is 684. The van der Waals surface area contributed by atoms with Gasteiger partial charge in [0.05, 0.1) is 10.6 Å². The highest BCUT2D eigenvalue weighted by Crippen LogP contribution is 2.30. The minimum atomic E-state index is -0.174. The Morgan fingerprint density at radius 2 is 1.78 bits per heavy atom. The number of thiol groups is 1. The van der Waals surface area contributed by atoms with Gasteiger partial charge in [0.2, 0.25) is 0 Å². The van der Waals surface area contributed by atoms with Crippen LogP contribution in [0.15, 0.2) is 69.8 Å². The summed E-state index contributed by atoms with van der Waals surface area (Å²) in [5.41, 5.74) is 2.17. The highest BCUT2D eigenvalue weighted by atomic mass is 32.2. The van der Waals surface area contributed by atoms with Crippen molar-refractivity contribution in [1.82, 2.24) is 5.32 Å². The third kappa shape index (κ3) is 5.37. The quantitative estimate of drug-likeness (QED) is 0.473. The number of hydrogen-bond donors (Lipinski definition) is 2. The summed E-state index contributed by atoms with van der Waals surface area (Å²) < 4.78 is 0. The molecule has 0 aliphatic heterocycles. The lowest BCUT2D eigenvalue weighted by molar-refractivity contribution is -0.116. The Labute approximate surface area is 147 Å². The minimum absolute atomic E-state index is 0.174. The van der Waals surface area contributed by atoms with Crippen LogP contribution >= 0.6 is 24.4 Å². The van der Waals surface area contributed by atoms with Crippen molar-refractivity contribution in [2.75, 3.05) is 19.0 Å². The molecule has 0 radical (unpaired) electrons. The monoisotopic (exact) mass is 344 g/mol. The van der Waals surface area contributed by atoms with Crippen LogP contribution < -0.4 is 10.2 Å². The van der Waals surface area contributed by atoms with E-state index in [9.17, 15) is 4.79 Å². The molecule has 0 saturated carbocycles. The number of nitrogens with zero attached hydrogens (tertiary/aromatic N) is 1. The fourth-order valence-corrected chi connectivity index (χ4v) is 3.08. The largest absolute Gasteiger partial charge is 0.377 e. The van der Waals surface area contributed by atoms with Crippen molar-refractivity contribution < 1.29 is 4.79 Å². The van der Waals surface area contributed by atoms with E-state index < -0.39 is 0 Å². The first-order valence-corrected chi connectivity index (χ1v) is 8.55. The summed E-state index contributed by atoms with van der Waals surface area (Å²) in [6.45, 7) is 0.497. The second-order valence-corrected chi connectivity index (χ2v) is 6.54. The van der Waals surface area contributed by atoms with Crippen LogP contribution in [-0.2, 0) is 11.3 Å². The molecule has 0 bridgehead atoms. The molecule has 2 rings (SSSR count). The van der Waals surface area contributed by atoms with Gasteiger partial charge in [-0.25, -0.2) is 0 Å². The van der Waals surface area contributed by atoms with Gasteiger partial charge < -0.3 is 10.2 Å². The Morgan fingerprint density at radius 3 is 2.48 bits per heavy atom. The first-order chi connectivity index (χ1) is 11.1. The van der Waals surface area contributed by atoms with E-state index in [1.54, 1.807) is 5.41 Å². The van der Waals surface area contributed by atoms with E-state index in [0.717, 1.165) is 16.1 Å². The fourth-order valence-electron chi connectivity index (χ4n) is 1.97. The lowest BCUT2D eigenvalue weighted by Gasteiger charge is -2.15. The highest BCUT2D eigenvalue weighted by Gasteiger charge is 2.07. The Morgan fingerprint density at radius 1 is 1.13 bits per heavy atom. The smallest absolute Gasteiger partial charge is 0.258 e. The summed E-state index contributed by atoms with van der Waals surface area (Å²) in [6.07, 6.45) is 0. The van der Waals surface area contributed by atoms with E-state index in [1.165, 1.54) is 11.8 Å². The van der Waals surface area contributed by atoms with Gasteiger partial charge >= 0.3 is 0 Å². The summed E-state index contributed by atoms with van der Waals surface area (Å²) in [5, 5.41) is 4.63. The van der Waals surface area contributed by atoms with Crippen molar-refractivity contribution in [2.45, 2.75) is 11.4 Å². The van der Waals surface area contributed by atoms with Gasteiger partial charge in [0, 0.05) is 25.5 Å².